The average Bonchev–Trinajstić information content (AvgIpc) is 2.28. The van der Waals surface area contributed by atoms with Crippen LogP contribution in [0, 0.1) is 0 Å². The second-order valence-corrected chi connectivity index (χ2v) is 4.64. The Balaban J connectivity index is 2.50. The molecule has 0 spiro atoms. The molecule has 0 aliphatic rings. The molecule has 0 atom stereocenters. The Bertz CT molecular complexity index is 377. The third-order valence-corrected chi connectivity index (χ3v) is 1.95. The lowest BCUT2D eigenvalue weighted by atomic mass is 10.2. The monoisotopic (exact) mass is 255 g/mol. The number of hydrogen-bond donors (Lipinski definition) is 1. The van der Waals surface area contributed by atoms with E-state index in [0.29, 0.717) is 37.3 Å². The number of ether oxygens (including phenoxy) is 3. The van der Waals surface area contributed by atoms with Crippen LogP contribution in [0.3, 0.4) is 0 Å². The van der Waals surface area contributed by atoms with E-state index in [1.54, 1.807) is 0 Å². The zero-order valence-corrected chi connectivity index (χ0v) is 11.4. The first kappa shape index (κ1) is 14.5. The van der Waals surface area contributed by atoms with Crippen molar-refractivity contribution in [3.63, 3.8) is 0 Å². The van der Waals surface area contributed by atoms with Crippen molar-refractivity contribution >= 4 is 5.69 Å². The van der Waals surface area contributed by atoms with Crippen molar-refractivity contribution < 1.29 is 14.2 Å². The molecule has 102 valence electrons. The molecule has 2 N–H and O–H groups in total. The highest BCUT2D eigenvalue weighted by molar-refractivity contribution is 5.55. The summed E-state index contributed by atoms with van der Waals surface area (Å²) in [6.45, 7) is 9.16. The molecule has 1 heterocycles. The van der Waals surface area contributed by atoms with Gasteiger partial charge in [0.2, 0.25) is 11.8 Å². The van der Waals surface area contributed by atoms with Gasteiger partial charge < -0.3 is 19.9 Å². The second kappa shape index (κ2) is 6.39. The number of nitrogens with two attached hydrogens (primary N) is 1. The van der Waals surface area contributed by atoms with Gasteiger partial charge in [0, 0.05) is 0 Å². The molecule has 6 nitrogen and oxygen atoms in total. The van der Waals surface area contributed by atoms with Crippen LogP contribution in [0.25, 0.3) is 0 Å². The fourth-order valence-corrected chi connectivity index (χ4v) is 1.22. The first-order valence-corrected chi connectivity index (χ1v) is 5.94. The first-order valence-electron chi connectivity index (χ1n) is 5.94. The van der Waals surface area contributed by atoms with Gasteiger partial charge in [0.15, 0.2) is 5.69 Å². The molecule has 0 amide bonds. The molecule has 0 saturated carbocycles. The topological polar surface area (TPSA) is 79.5 Å². The van der Waals surface area contributed by atoms with Crippen LogP contribution in [-0.4, -0.2) is 35.4 Å². The predicted molar refractivity (Wildman–Crippen MR) is 68.8 cm³/mol. The Morgan fingerprint density at radius 3 is 2.28 bits per heavy atom. The molecule has 0 saturated heterocycles. The van der Waals surface area contributed by atoms with Crippen LogP contribution in [0.1, 0.15) is 27.7 Å². The summed E-state index contributed by atoms with van der Waals surface area (Å²) in [4.78, 5) is 7.89. The van der Waals surface area contributed by atoms with Gasteiger partial charge in [-0.15, -0.1) is 0 Å². The fraction of sp³-hybridized carbons (Fsp3) is 0.667. The number of nitrogen functional groups attached to an aromatic ring is 1. The Morgan fingerprint density at radius 2 is 1.72 bits per heavy atom. The van der Waals surface area contributed by atoms with E-state index in [-0.39, 0.29) is 5.60 Å². The zero-order chi connectivity index (χ0) is 13.6. The van der Waals surface area contributed by atoms with Crippen molar-refractivity contribution in [3.8, 4) is 11.8 Å². The minimum absolute atomic E-state index is 0.183. The number of anilines is 1. The van der Waals surface area contributed by atoms with Crippen LogP contribution in [0.2, 0.25) is 0 Å². The molecule has 1 rings (SSSR count). The van der Waals surface area contributed by atoms with Gasteiger partial charge in [0.05, 0.1) is 18.8 Å². The SMILES string of the molecule is CCOc1ncnc(OCCOC(C)(C)C)c1N. The molecule has 6 heteroatoms. The molecule has 0 unspecified atom stereocenters. The molecule has 1 aromatic rings. The molecule has 0 fully saturated rings. The summed E-state index contributed by atoms with van der Waals surface area (Å²) >= 11 is 0. The molecule has 0 aliphatic carbocycles. The fourth-order valence-electron chi connectivity index (χ4n) is 1.22. The summed E-state index contributed by atoms with van der Waals surface area (Å²) < 4.78 is 16.2. The highest BCUT2D eigenvalue weighted by Crippen LogP contribution is 2.26. The van der Waals surface area contributed by atoms with E-state index >= 15 is 0 Å². The minimum Gasteiger partial charge on any atom is -0.476 e. The van der Waals surface area contributed by atoms with Crippen molar-refractivity contribution in [1.82, 2.24) is 9.97 Å². The summed E-state index contributed by atoms with van der Waals surface area (Å²) in [5.41, 5.74) is 5.95. The van der Waals surface area contributed by atoms with E-state index in [4.69, 9.17) is 19.9 Å². The van der Waals surface area contributed by atoms with Gasteiger partial charge in [0.25, 0.3) is 0 Å². The van der Waals surface area contributed by atoms with Gasteiger partial charge in [-0.05, 0) is 27.7 Å². The van der Waals surface area contributed by atoms with Gasteiger partial charge in [-0.1, -0.05) is 0 Å². The van der Waals surface area contributed by atoms with Crippen LogP contribution in [0.15, 0.2) is 6.33 Å². The summed E-state index contributed by atoms with van der Waals surface area (Å²) in [7, 11) is 0. The van der Waals surface area contributed by atoms with Crippen LogP contribution in [0.4, 0.5) is 5.69 Å². The normalized spacial score (nSPS) is 11.3. The average molecular weight is 255 g/mol. The maximum absolute atomic E-state index is 5.82. The van der Waals surface area contributed by atoms with Crippen molar-refractivity contribution in [3.05, 3.63) is 6.33 Å². The van der Waals surface area contributed by atoms with E-state index in [0.717, 1.165) is 0 Å². The van der Waals surface area contributed by atoms with E-state index in [2.05, 4.69) is 9.97 Å². The lowest BCUT2D eigenvalue weighted by Gasteiger charge is -2.19. The summed E-state index contributed by atoms with van der Waals surface area (Å²) in [5.74, 6) is 0.671. The van der Waals surface area contributed by atoms with E-state index < -0.39 is 0 Å². The molecular formula is C12H21N3O3. The first-order chi connectivity index (χ1) is 8.44. The van der Waals surface area contributed by atoms with Gasteiger partial charge >= 0.3 is 0 Å². The second-order valence-electron chi connectivity index (χ2n) is 4.64. The maximum atomic E-state index is 5.82. The molecule has 0 radical (unpaired) electrons. The predicted octanol–water partition coefficient (Wildman–Crippen LogP) is 1.65. The van der Waals surface area contributed by atoms with E-state index in [1.165, 1.54) is 6.33 Å². The van der Waals surface area contributed by atoms with Crippen LogP contribution < -0.4 is 15.2 Å². The highest BCUT2D eigenvalue weighted by atomic mass is 16.5. The molecular weight excluding hydrogens is 234 g/mol. The number of aromatic nitrogens is 2. The Hall–Kier alpha value is -1.56. The van der Waals surface area contributed by atoms with Crippen molar-refractivity contribution in [2.75, 3.05) is 25.6 Å². The number of hydrogen-bond acceptors (Lipinski definition) is 6. The number of rotatable bonds is 6. The Kier molecular flexibility index (Phi) is 5.15. The Labute approximate surface area is 107 Å². The third-order valence-electron chi connectivity index (χ3n) is 1.95. The molecule has 18 heavy (non-hydrogen) atoms. The summed E-state index contributed by atoms with van der Waals surface area (Å²) in [6.07, 6.45) is 1.36. The minimum atomic E-state index is -0.183. The van der Waals surface area contributed by atoms with E-state index in [1.807, 2.05) is 27.7 Å². The maximum Gasteiger partial charge on any atom is 0.244 e. The standard InChI is InChI=1S/C12H21N3O3/c1-5-16-10-9(13)11(15-8-14-10)17-6-7-18-12(2,3)4/h8H,5-7,13H2,1-4H3. The third kappa shape index (κ3) is 4.75. The van der Waals surface area contributed by atoms with Crippen LogP contribution in [-0.2, 0) is 4.74 Å². The Morgan fingerprint density at radius 1 is 1.11 bits per heavy atom. The van der Waals surface area contributed by atoms with Crippen molar-refractivity contribution in [2.24, 2.45) is 0 Å². The molecule has 0 aromatic carbocycles. The van der Waals surface area contributed by atoms with Gasteiger partial charge in [-0.25, -0.2) is 0 Å². The number of nitrogens with zero attached hydrogens (tertiary/aromatic N) is 2. The zero-order valence-electron chi connectivity index (χ0n) is 11.4. The van der Waals surface area contributed by atoms with E-state index in [9.17, 15) is 0 Å². The lowest BCUT2D eigenvalue weighted by molar-refractivity contribution is -0.0167. The van der Waals surface area contributed by atoms with Crippen molar-refractivity contribution in [1.29, 1.82) is 0 Å². The van der Waals surface area contributed by atoms with Gasteiger partial charge in [-0.3, -0.25) is 0 Å². The highest BCUT2D eigenvalue weighted by Gasteiger charge is 2.12. The molecule has 1 aromatic heterocycles. The van der Waals surface area contributed by atoms with Crippen molar-refractivity contribution in [2.45, 2.75) is 33.3 Å². The summed E-state index contributed by atoms with van der Waals surface area (Å²) in [6, 6.07) is 0. The molecule has 0 aliphatic heterocycles. The smallest absolute Gasteiger partial charge is 0.244 e. The lowest BCUT2D eigenvalue weighted by Crippen LogP contribution is -2.22. The van der Waals surface area contributed by atoms with Gasteiger partial charge in [0.1, 0.15) is 12.9 Å². The van der Waals surface area contributed by atoms with Crippen LogP contribution in [0.5, 0.6) is 11.8 Å². The van der Waals surface area contributed by atoms with Crippen LogP contribution >= 0.6 is 0 Å². The summed E-state index contributed by atoms with van der Waals surface area (Å²) in [5, 5.41) is 0. The molecule has 0 bridgehead atoms. The quantitative estimate of drug-likeness (QED) is 0.779. The van der Waals surface area contributed by atoms with Gasteiger partial charge in [-0.2, -0.15) is 9.97 Å². The largest absolute Gasteiger partial charge is 0.476 e.